The lowest BCUT2D eigenvalue weighted by molar-refractivity contribution is -0.130. The molecule has 1 saturated carbocycles. The van der Waals surface area contributed by atoms with Gasteiger partial charge in [-0.05, 0) is 30.4 Å². The summed E-state index contributed by atoms with van der Waals surface area (Å²) >= 11 is 0. The Morgan fingerprint density at radius 2 is 1.74 bits per heavy atom. The maximum Gasteiger partial charge on any atom is 0.355 e. The normalized spacial score (nSPS) is 14.5. The van der Waals surface area contributed by atoms with Crippen LogP contribution < -0.4 is 10.9 Å². The number of carbonyl (C=O) groups excluding carboxylic acids is 2. The first-order valence-electron chi connectivity index (χ1n) is 8.80. The molecule has 2 aromatic carbocycles. The number of H-pyrrole nitrogens is 1. The van der Waals surface area contributed by atoms with E-state index in [-0.39, 0.29) is 23.2 Å². The highest BCUT2D eigenvalue weighted by Crippen LogP contribution is 2.24. The third-order valence-electron chi connectivity index (χ3n) is 4.46. The molecule has 27 heavy (non-hydrogen) atoms. The Labute approximate surface area is 155 Å². The fourth-order valence-corrected chi connectivity index (χ4v) is 2.90. The third kappa shape index (κ3) is 3.74. The highest BCUT2D eigenvalue weighted by molar-refractivity contribution is 5.95. The molecule has 1 heterocycles. The molecule has 1 fully saturated rings. The molecule has 136 valence electrons. The zero-order valence-corrected chi connectivity index (χ0v) is 14.5. The molecule has 0 saturated heterocycles. The minimum atomic E-state index is -1.07. The number of hydrogen-bond donors (Lipinski definition) is 2. The number of ether oxygens (including phenoxy) is 1. The highest BCUT2D eigenvalue weighted by Gasteiger charge is 2.31. The van der Waals surface area contributed by atoms with E-state index >= 15 is 0 Å². The van der Waals surface area contributed by atoms with Crippen molar-refractivity contribution >= 4 is 22.6 Å². The average molecular weight is 362 g/mol. The quantitative estimate of drug-likeness (QED) is 0.683. The van der Waals surface area contributed by atoms with E-state index in [1.807, 2.05) is 6.07 Å². The van der Waals surface area contributed by atoms with Crippen LogP contribution in [0.2, 0.25) is 0 Å². The van der Waals surface area contributed by atoms with E-state index < -0.39 is 12.1 Å². The summed E-state index contributed by atoms with van der Waals surface area (Å²) in [7, 11) is 0. The number of carbonyl (C=O) groups is 2. The number of fused-ring (bicyclic) bond motifs is 1. The van der Waals surface area contributed by atoms with Crippen molar-refractivity contribution < 1.29 is 14.3 Å². The number of aromatic nitrogens is 1. The molecule has 2 N–H and O–H groups in total. The molecule has 1 aromatic heterocycles. The van der Waals surface area contributed by atoms with Crippen molar-refractivity contribution in [1.82, 2.24) is 10.3 Å². The number of rotatable bonds is 5. The summed E-state index contributed by atoms with van der Waals surface area (Å²) in [5.74, 6) is -1.11. The molecular weight excluding hydrogens is 344 g/mol. The highest BCUT2D eigenvalue weighted by atomic mass is 16.5. The Balaban J connectivity index is 1.63. The van der Waals surface area contributed by atoms with Gasteiger partial charge in [0, 0.05) is 17.0 Å². The van der Waals surface area contributed by atoms with Gasteiger partial charge in [0.2, 0.25) is 6.10 Å². The van der Waals surface area contributed by atoms with Crippen LogP contribution in [0.15, 0.2) is 65.5 Å². The zero-order chi connectivity index (χ0) is 18.8. The number of nitrogens with one attached hydrogen (secondary N) is 2. The fourth-order valence-electron chi connectivity index (χ4n) is 2.90. The monoisotopic (exact) mass is 362 g/mol. The molecule has 1 atom stereocenters. The lowest BCUT2D eigenvalue weighted by Crippen LogP contribution is -2.34. The Morgan fingerprint density at radius 1 is 1.04 bits per heavy atom. The standard InChI is InChI=1S/C21H18N2O4/c24-19-16-9-5-4-8-14(16)12-17(23-19)21(26)27-18(13-6-2-1-3-7-13)20(25)22-15-10-11-15/h1-9,12,15,18H,10-11H2,(H,22,25)(H,23,24)/t18-/m0/s1. The van der Waals surface area contributed by atoms with Crippen LogP contribution in [0.4, 0.5) is 0 Å². The summed E-state index contributed by atoms with van der Waals surface area (Å²) in [6.07, 6.45) is 0.785. The van der Waals surface area contributed by atoms with Gasteiger partial charge in [-0.15, -0.1) is 0 Å². The predicted molar refractivity (Wildman–Crippen MR) is 100 cm³/mol. The molecule has 4 rings (SSSR count). The molecule has 6 nitrogen and oxygen atoms in total. The van der Waals surface area contributed by atoms with E-state index in [4.69, 9.17) is 4.74 Å². The molecule has 6 heteroatoms. The van der Waals surface area contributed by atoms with Crippen LogP contribution in [0.5, 0.6) is 0 Å². The van der Waals surface area contributed by atoms with Crippen LogP contribution in [0.25, 0.3) is 10.8 Å². The van der Waals surface area contributed by atoms with Gasteiger partial charge < -0.3 is 15.0 Å². The first-order valence-corrected chi connectivity index (χ1v) is 8.80. The van der Waals surface area contributed by atoms with Gasteiger partial charge in [-0.1, -0.05) is 48.5 Å². The number of esters is 1. The van der Waals surface area contributed by atoms with Crippen molar-refractivity contribution in [1.29, 1.82) is 0 Å². The van der Waals surface area contributed by atoms with E-state index in [0.29, 0.717) is 16.3 Å². The van der Waals surface area contributed by atoms with Gasteiger partial charge in [-0.3, -0.25) is 9.59 Å². The molecule has 1 amide bonds. The minimum absolute atomic E-state index is 0.0128. The topological polar surface area (TPSA) is 88.3 Å². The zero-order valence-electron chi connectivity index (χ0n) is 14.5. The van der Waals surface area contributed by atoms with Gasteiger partial charge >= 0.3 is 5.97 Å². The fraction of sp³-hybridized carbons (Fsp3) is 0.190. The van der Waals surface area contributed by atoms with Crippen molar-refractivity contribution in [2.75, 3.05) is 0 Å². The van der Waals surface area contributed by atoms with Crippen LogP contribution in [0.3, 0.4) is 0 Å². The van der Waals surface area contributed by atoms with Gasteiger partial charge in [0.05, 0.1) is 0 Å². The Kier molecular flexibility index (Phi) is 4.46. The summed E-state index contributed by atoms with van der Waals surface area (Å²) in [4.78, 5) is 40.0. The molecule has 1 aliphatic carbocycles. The first kappa shape index (κ1) is 17.0. The summed E-state index contributed by atoms with van der Waals surface area (Å²) in [6.45, 7) is 0. The van der Waals surface area contributed by atoms with E-state index in [9.17, 15) is 14.4 Å². The van der Waals surface area contributed by atoms with E-state index in [1.54, 1.807) is 54.6 Å². The van der Waals surface area contributed by atoms with Gasteiger partial charge in [-0.2, -0.15) is 0 Å². The molecule has 0 spiro atoms. The summed E-state index contributed by atoms with van der Waals surface area (Å²) in [5, 5.41) is 3.98. The minimum Gasteiger partial charge on any atom is -0.443 e. The maximum atomic E-state index is 12.7. The van der Waals surface area contributed by atoms with Gasteiger partial charge in [0.25, 0.3) is 11.5 Å². The van der Waals surface area contributed by atoms with Crippen molar-refractivity contribution in [3.05, 3.63) is 82.3 Å². The summed E-state index contributed by atoms with van der Waals surface area (Å²) in [5.41, 5.74) is 0.213. The molecule has 0 bridgehead atoms. The lowest BCUT2D eigenvalue weighted by atomic mass is 10.1. The predicted octanol–water partition coefficient (Wildman–Crippen LogP) is 2.70. The SMILES string of the molecule is O=C(O[C@H](C(=O)NC1CC1)c1ccccc1)c1cc2ccccc2c(=O)[nH]1. The van der Waals surface area contributed by atoms with E-state index in [0.717, 1.165) is 12.8 Å². The van der Waals surface area contributed by atoms with Crippen molar-refractivity contribution in [3.8, 4) is 0 Å². The Bertz CT molecular complexity index is 1050. The summed E-state index contributed by atoms with van der Waals surface area (Å²) < 4.78 is 5.50. The average Bonchev–Trinajstić information content (AvgIpc) is 3.50. The molecule has 3 aromatic rings. The molecular formula is C21H18N2O4. The second kappa shape index (κ2) is 7.07. The van der Waals surface area contributed by atoms with Crippen LogP contribution in [-0.2, 0) is 9.53 Å². The third-order valence-corrected chi connectivity index (χ3v) is 4.46. The van der Waals surface area contributed by atoms with Crippen molar-refractivity contribution in [3.63, 3.8) is 0 Å². The lowest BCUT2D eigenvalue weighted by Gasteiger charge is -2.18. The second-order valence-corrected chi connectivity index (χ2v) is 6.58. The Morgan fingerprint density at radius 3 is 2.48 bits per heavy atom. The van der Waals surface area contributed by atoms with Crippen LogP contribution >= 0.6 is 0 Å². The first-order chi connectivity index (χ1) is 13.1. The largest absolute Gasteiger partial charge is 0.443 e. The van der Waals surface area contributed by atoms with Crippen LogP contribution in [0, 0.1) is 0 Å². The molecule has 1 aliphatic rings. The molecule has 0 aliphatic heterocycles. The number of pyridine rings is 1. The van der Waals surface area contributed by atoms with E-state index in [2.05, 4.69) is 10.3 Å². The molecule has 0 unspecified atom stereocenters. The number of amides is 1. The number of aromatic amines is 1. The summed E-state index contributed by atoms with van der Waals surface area (Å²) in [6, 6.07) is 17.5. The number of hydrogen-bond acceptors (Lipinski definition) is 4. The van der Waals surface area contributed by atoms with Gasteiger partial charge in [0.15, 0.2) is 0 Å². The molecule has 0 radical (unpaired) electrons. The van der Waals surface area contributed by atoms with Gasteiger partial charge in [0.1, 0.15) is 5.69 Å². The maximum absolute atomic E-state index is 12.7. The smallest absolute Gasteiger partial charge is 0.355 e. The second-order valence-electron chi connectivity index (χ2n) is 6.58. The van der Waals surface area contributed by atoms with Crippen molar-refractivity contribution in [2.45, 2.75) is 25.0 Å². The van der Waals surface area contributed by atoms with Gasteiger partial charge in [-0.25, -0.2) is 4.79 Å². The van der Waals surface area contributed by atoms with Crippen LogP contribution in [-0.4, -0.2) is 22.9 Å². The van der Waals surface area contributed by atoms with Crippen LogP contribution in [0.1, 0.15) is 35.0 Å². The Hall–Kier alpha value is -3.41. The van der Waals surface area contributed by atoms with E-state index in [1.165, 1.54) is 0 Å². The van der Waals surface area contributed by atoms with Crippen molar-refractivity contribution in [2.24, 2.45) is 0 Å². The number of benzene rings is 2.